The Bertz CT molecular complexity index is 596. The summed E-state index contributed by atoms with van der Waals surface area (Å²) in [6.07, 6.45) is -0.921. The third-order valence-corrected chi connectivity index (χ3v) is 4.23. The fourth-order valence-electron chi connectivity index (χ4n) is 1.95. The maximum atomic E-state index is 12.1. The first-order valence-corrected chi connectivity index (χ1v) is 8.04. The molecule has 1 N–H and O–H groups in total. The minimum absolute atomic E-state index is 0.00267. The molecule has 1 aromatic heterocycles. The van der Waals surface area contributed by atoms with Crippen molar-refractivity contribution in [3.8, 4) is 0 Å². The highest BCUT2D eigenvalue weighted by molar-refractivity contribution is 7.07. The minimum atomic E-state index is -0.918. The lowest BCUT2D eigenvalue weighted by Gasteiger charge is -2.19. The van der Waals surface area contributed by atoms with E-state index in [9.17, 15) is 9.90 Å². The Kier molecular flexibility index (Phi) is 5.65. The SMILES string of the molecule is CN(Cc1ccsc1)C(=O)CC(O)c1cc(Cl)cc(Cl)c1. The molecule has 2 aromatic rings. The number of benzene rings is 1. The number of hydrogen-bond acceptors (Lipinski definition) is 3. The molecule has 21 heavy (non-hydrogen) atoms. The quantitative estimate of drug-likeness (QED) is 0.886. The molecule has 0 aliphatic carbocycles. The van der Waals surface area contributed by atoms with E-state index in [1.54, 1.807) is 41.5 Å². The van der Waals surface area contributed by atoms with Crippen molar-refractivity contribution in [3.05, 3.63) is 56.2 Å². The van der Waals surface area contributed by atoms with Crippen LogP contribution in [0.25, 0.3) is 0 Å². The molecule has 1 atom stereocenters. The first kappa shape index (κ1) is 16.3. The normalized spacial score (nSPS) is 12.2. The number of aliphatic hydroxyl groups excluding tert-OH is 1. The Morgan fingerprint density at radius 3 is 2.57 bits per heavy atom. The van der Waals surface area contributed by atoms with Gasteiger partial charge in [0.15, 0.2) is 0 Å². The smallest absolute Gasteiger partial charge is 0.225 e. The highest BCUT2D eigenvalue weighted by Crippen LogP contribution is 2.25. The molecular formula is C15H15Cl2NO2S. The van der Waals surface area contributed by atoms with Crippen LogP contribution in [0.3, 0.4) is 0 Å². The predicted molar refractivity (Wildman–Crippen MR) is 86.8 cm³/mol. The van der Waals surface area contributed by atoms with Gasteiger partial charge in [-0.15, -0.1) is 0 Å². The number of amides is 1. The molecule has 0 bridgehead atoms. The van der Waals surface area contributed by atoms with Crippen LogP contribution in [0.15, 0.2) is 35.0 Å². The molecule has 0 spiro atoms. The first-order valence-electron chi connectivity index (χ1n) is 6.35. The number of hydrogen-bond donors (Lipinski definition) is 1. The Labute approximate surface area is 137 Å². The van der Waals surface area contributed by atoms with E-state index in [2.05, 4.69) is 0 Å². The van der Waals surface area contributed by atoms with Crippen LogP contribution < -0.4 is 0 Å². The van der Waals surface area contributed by atoms with Crippen molar-refractivity contribution < 1.29 is 9.90 Å². The lowest BCUT2D eigenvalue weighted by Crippen LogP contribution is -2.27. The second kappa shape index (κ2) is 7.27. The van der Waals surface area contributed by atoms with Crippen LogP contribution >= 0.6 is 34.5 Å². The zero-order chi connectivity index (χ0) is 15.4. The summed E-state index contributed by atoms with van der Waals surface area (Å²) in [6.45, 7) is 0.533. The van der Waals surface area contributed by atoms with E-state index in [-0.39, 0.29) is 12.3 Å². The summed E-state index contributed by atoms with van der Waals surface area (Å²) in [6, 6.07) is 6.79. The molecule has 0 aliphatic heterocycles. The van der Waals surface area contributed by atoms with Crippen molar-refractivity contribution in [1.29, 1.82) is 0 Å². The van der Waals surface area contributed by atoms with Crippen LogP contribution in [-0.4, -0.2) is 23.0 Å². The second-order valence-electron chi connectivity index (χ2n) is 4.80. The number of nitrogens with zero attached hydrogens (tertiary/aromatic N) is 1. The summed E-state index contributed by atoms with van der Waals surface area (Å²) in [5, 5.41) is 15.0. The van der Waals surface area contributed by atoms with Crippen LogP contribution in [0, 0.1) is 0 Å². The van der Waals surface area contributed by atoms with Crippen molar-refractivity contribution in [2.75, 3.05) is 7.05 Å². The van der Waals surface area contributed by atoms with Crippen molar-refractivity contribution >= 4 is 40.4 Å². The third-order valence-electron chi connectivity index (χ3n) is 3.06. The lowest BCUT2D eigenvalue weighted by molar-refractivity contribution is -0.132. The molecule has 0 radical (unpaired) electrons. The molecule has 112 valence electrons. The Morgan fingerprint density at radius 2 is 2.00 bits per heavy atom. The Morgan fingerprint density at radius 1 is 1.33 bits per heavy atom. The Hall–Kier alpha value is -1.07. The summed E-state index contributed by atoms with van der Waals surface area (Å²) in [5.41, 5.74) is 1.63. The summed E-state index contributed by atoms with van der Waals surface area (Å²) >= 11 is 13.4. The maximum Gasteiger partial charge on any atom is 0.225 e. The fourth-order valence-corrected chi connectivity index (χ4v) is 3.15. The molecule has 0 saturated carbocycles. The molecule has 1 heterocycles. The van der Waals surface area contributed by atoms with Gasteiger partial charge >= 0.3 is 0 Å². The van der Waals surface area contributed by atoms with E-state index in [1.807, 2.05) is 16.8 Å². The van der Waals surface area contributed by atoms with Crippen LogP contribution in [0.5, 0.6) is 0 Å². The summed E-state index contributed by atoms with van der Waals surface area (Å²) in [4.78, 5) is 13.7. The van der Waals surface area contributed by atoms with Gasteiger partial charge in [0.1, 0.15) is 0 Å². The van der Waals surface area contributed by atoms with Gasteiger partial charge in [0.2, 0.25) is 5.91 Å². The average Bonchev–Trinajstić information content (AvgIpc) is 2.90. The van der Waals surface area contributed by atoms with Gasteiger partial charge in [0.05, 0.1) is 12.5 Å². The van der Waals surface area contributed by atoms with Crippen molar-refractivity contribution in [3.63, 3.8) is 0 Å². The van der Waals surface area contributed by atoms with E-state index in [0.717, 1.165) is 5.56 Å². The summed E-state index contributed by atoms with van der Waals surface area (Å²) in [7, 11) is 1.72. The minimum Gasteiger partial charge on any atom is -0.388 e. The van der Waals surface area contributed by atoms with Gasteiger partial charge in [-0.05, 0) is 46.2 Å². The van der Waals surface area contributed by atoms with Crippen LogP contribution in [0.4, 0.5) is 0 Å². The molecule has 1 unspecified atom stereocenters. The molecule has 0 saturated heterocycles. The fraction of sp³-hybridized carbons (Fsp3) is 0.267. The van der Waals surface area contributed by atoms with Crippen molar-refractivity contribution in [1.82, 2.24) is 4.90 Å². The number of rotatable bonds is 5. The van der Waals surface area contributed by atoms with Gasteiger partial charge in [-0.1, -0.05) is 23.2 Å². The van der Waals surface area contributed by atoms with Gasteiger partial charge in [-0.2, -0.15) is 11.3 Å². The van der Waals surface area contributed by atoms with E-state index in [0.29, 0.717) is 22.2 Å². The molecule has 1 amide bonds. The summed E-state index contributed by atoms with van der Waals surface area (Å²) < 4.78 is 0. The molecule has 6 heteroatoms. The number of carbonyl (C=O) groups is 1. The molecule has 0 aliphatic rings. The van der Waals surface area contributed by atoms with E-state index in [1.165, 1.54) is 0 Å². The highest BCUT2D eigenvalue weighted by Gasteiger charge is 2.17. The average molecular weight is 344 g/mol. The zero-order valence-corrected chi connectivity index (χ0v) is 13.8. The molecule has 2 rings (SSSR count). The van der Waals surface area contributed by atoms with Crippen LogP contribution in [0.1, 0.15) is 23.7 Å². The predicted octanol–water partition coefficient (Wildman–Crippen LogP) is 4.14. The van der Waals surface area contributed by atoms with Gasteiger partial charge < -0.3 is 10.0 Å². The lowest BCUT2D eigenvalue weighted by atomic mass is 10.1. The van der Waals surface area contributed by atoms with Gasteiger partial charge in [0, 0.05) is 23.6 Å². The van der Waals surface area contributed by atoms with E-state index < -0.39 is 6.10 Å². The topological polar surface area (TPSA) is 40.5 Å². The molecule has 1 aromatic carbocycles. The molecular weight excluding hydrogens is 329 g/mol. The van der Waals surface area contributed by atoms with Crippen LogP contribution in [0.2, 0.25) is 10.0 Å². The van der Waals surface area contributed by atoms with Crippen molar-refractivity contribution in [2.24, 2.45) is 0 Å². The number of thiophene rings is 1. The monoisotopic (exact) mass is 343 g/mol. The number of halogens is 2. The van der Waals surface area contributed by atoms with Gasteiger partial charge in [0.25, 0.3) is 0 Å². The number of carbonyl (C=O) groups excluding carboxylic acids is 1. The summed E-state index contributed by atoms with van der Waals surface area (Å²) in [5.74, 6) is -0.134. The first-order chi connectivity index (χ1) is 9.95. The van der Waals surface area contributed by atoms with E-state index in [4.69, 9.17) is 23.2 Å². The zero-order valence-electron chi connectivity index (χ0n) is 11.4. The van der Waals surface area contributed by atoms with Crippen LogP contribution in [-0.2, 0) is 11.3 Å². The standard InChI is InChI=1S/C15H15Cl2NO2S/c1-18(8-10-2-3-21-9-10)15(20)7-14(19)11-4-12(16)6-13(17)5-11/h2-6,9,14,19H,7-8H2,1H3. The number of aliphatic hydroxyl groups is 1. The largest absolute Gasteiger partial charge is 0.388 e. The molecule has 0 fully saturated rings. The Balaban J connectivity index is 1.98. The third kappa shape index (κ3) is 4.71. The molecule has 3 nitrogen and oxygen atoms in total. The van der Waals surface area contributed by atoms with Gasteiger partial charge in [-0.25, -0.2) is 0 Å². The van der Waals surface area contributed by atoms with Crippen molar-refractivity contribution in [2.45, 2.75) is 19.1 Å². The second-order valence-corrected chi connectivity index (χ2v) is 6.46. The van der Waals surface area contributed by atoms with Gasteiger partial charge in [-0.3, -0.25) is 4.79 Å². The maximum absolute atomic E-state index is 12.1. The van der Waals surface area contributed by atoms with E-state index >= 15 is 0 Å². The highest BCUT2D eigenvalue weighted by atomic mass is 35.5.